The largest absolute Gasteiger partial charge is 0.363 e. The molecule has 2 fully saturated rings. The van der Waals surface area contributed by atoms with Crippen LogP contribution in [0.1, 0.15) is 6.04 Å². The predicted molar refractivity (Wildman–Crippen MR) is 90.6 cm³/mol. The average Bonchev–Trinajstić information content (AvgIpc) is 3.15. The number of nitrogens with one attached hydrogen (secondary N) is 1. The minimum Gasteiger partial charge on any atom is -0.363 e. The van der Waals surface area contributed by atoms with Gasteiger partial charge in [-0.05, 0) is 0 Å². The molecule has 0 saturated carbocycles. The Morgan fingerprint density at radius 2 is 2.12 bits per heavy atom. The highest BCUT2D eigenvalue weighted by Gasteiger charge is 2.31. The minimum absolute atomic E-state index is 0.0537. The predicted octanol–water partition coefficient (Wildman–Crippen LogP) is 0.330. The second-order valence-corrected chi connectivity index (χ2v) is 6.25. The Kier molecular flexibility index (Phi) is 3.47. The van der Waals surface area contributed by atoms with Crippen molar-refractivity contribution in [1.29, 1.82) is 0 Å². The van der Waals surface area contributed by atoms with Gasteiger partial charge in [0.15, 0.2) is 0 Å². The molecule has 1 N–H and O–H groups in total. The summed E-state index contributed by atoms with van der Waals surface area (Å²) in [5.41, 5.74) is 0.848. The van der Waals surface area contributed by atoms with Crippen LogP contribution in [0, 0.1) is 0 Å². The molecule has 2 saturated heterocycles. The van der Waals surface area contributed by atoms with E-state index < -0.39 is 0 Å². The third-order valence-corrected chi connectivity index (χ3v) is 4.41. The van der Waals surface area contributed by atoms with Crippen molar-refractivity contribution in [3.8, 4) is 0 Å². The molecule has 0 radical (unpaired) electrons. The Labute approximate surface area is 139 Å². The number of hydrogen-bond acceptors (Lipinski definition) is 6. The maximum Gasteiger partial charge on any atom is 0.322 e. The molecule has 0 aromatic carbocycles. The Morgan fingerprint density at radius 1 is 1.29 bits per heavy atom. The molecule has 4 rings (SSSR count). The Morgan fingerprint density at radius 3 is 2.83 bits per heavy atom. The van der Waals surface area contributed by atoms with E-state index in [1.165, 1.54) is 0 Å². The van der Waals surface area contributed by atoms with Crippen LogP contribution in [0.25, 0.3) is 0 Å². The summed E-state index contributed by atoms with van der Waals surface area (Å²) in [6, 6.07) is 2.23. The van der Waals surface area contributed by atoms with Gasteiger partial charge in [-0.25, -0.2) is 14.8 Å². The first kappa shape index (κ1) is 14.7. The lowest BCUT2D eigenvalue weighted by Crippen LogP contribution is -2.48. The monoisotopic (exact) mass is 328 g/mol. The standard InChI is InChI=1S/C15H20N8O/c1-20(2)13-5-14(18-10-17-13)21-7-12(8-21)23-9-11(6-19-23)22-4-3-16-15(22)24/h5-6,9-10,12H,3-4,7-8H2,1-2H3,(H,16,24). The fourth-order valence-corrected chi connectivity index (χ4v) is 2.95. The Balaban J connectivity index is 1.42. The van der Waals surface area contributed by atoms with Gasteiger partial charge in [-0.15, -0.1) is 0 Å². The van der Waals surface area contributed by atoms with E-state index in [9.17, 15) is 4.79 Å². The first-order chi connectivity index (χ1) is 11.6. The van der Waals surface area contributed by atoms with Crippen LogP contribution in [0.4, 0.5) is 22.1 Å². The Hall–Kier alpha value is -2.84. The highest BCUT2D eigenvalue weighted by molar-refractivity contribution is 5.93. The van der Waals surface area contributed by atoms with E-state index >= 15 is 0 Å². The number of aromatic nitrogens is 4. The van der Waals surface area contributed by atoms with E-state index in [-0.39, 0.29) is 6.03 Å². The molecule has 2 aromatic rings. The van der Waals surface area contributed by atoms with Crippen molar-refractivity contribution in [2.45, 2.75) is 6.04 Å². The lowest BCUT2D eigenvalue weighted by atomic mass is 10.1. The van der Waals surface area contributed by atoms with Gasteiger partial charge < -0.3 is 15.1 Å². The number of amides is 2. The molecule has 2 amide bonds. The maximum atomic E-state index is 11.7. The third-order valence-electron chi connectivity index (χ3n) is 4.41. The lowest BCUT2D eigenvalue weighted by molar-refractivity contribution is 0.252. The molecule has 2 aliphatic rings. The normalized spacial score (nSPS) is 17.8. The van der Waals surface area contributed by atoms with Gasteiger partial charge >= 0.3 is 6.03 Å². The van der Waals surface area contributed by atoms with E-state index in [4.69, 9.17) is 0 Å². The van der Waals surface area contributed by atoms with Crippen molar-refractivity contribution in [2.24, 2.45) is 0 Å². The molecule has 9 heteroatoms. The van der Waals surface area contributed by atoms with Crippen LogP contribution in [-0.4, -0.2) is 66.1 Å². The quantitative estimate of drug-likeness (QED) is 0.871. The van der Waals surface area contributed by atoms with Gasteiger partial charge in [-0.3, -0.25) is 9.58 Å². The number of rotatable bonds is 4. The number of urea groups is 1. The van der Waals surface area contributed by atoms with Crippen LogP contribution in [0.15, 0.2) is 24.8 Å². The SMILES string of the molecule is CN(C)c1cc(N2CC(n3cc(N4CCNC4=O)cn3)C2)ncn1. The molecule has 2 aliphatic heterocycles. The summed E-state index contributed by atoms with van der Waals surface area (Å²) in [6.45, 7) is 3.06. The van der Waals surface area contributed by atoms with Crippen LogP contribution < -0.4 is 20.0 Å². The summed E-state index contributed by atoms with van der Waals surface area (Å²) >= 11 is 0. The van der Waals surface area contributed by atoms with Crippen molar-refractivity contribution >= 4 is 23.4 Å². The summed E-state index contributed by atoms with van der Waals surface area (Å²) in [5.74, 6) is 1.82. The van der Waals surface area contributed by atoms with E-state index in [2.05, 4.69) is 25.3 Å². The molecule has 24 heavy (non-hydrogen) atoms. The van der Waals surface area contributed by atoms with Gasteiger partial charge in [0.2, 0.25) is 0 Å². The first-order valence-electron chi connectivity index (χ1n) is 7.95. The zero-order chi connectivity index (χ0) is 16.7. The van der Waals surface area contributed by atoms with Crippen molar-refractivity contribution in [3.63, 3.8) is 0 Å². The van der Waals surface area contributed by atoms with Crippen molar-refractivity contribution in [2.75, 3.05) is 55.0 Å². The van der Waals surface area contributed by atoms with Gasteiger partial charge in [-0.1, -0.05) is 0 Å². The zero-order valence-electron chi connectivity index (χ0n) is 13.8. The van der Waals surface area contributed by atoms with Crippen LogP contribution in [0.3, 0.4) is 0 Å². The van der Waals surface area contributed by atoms with Crippen LogP contribution in [0.2, 0.25) is 0 Å². The number of hydrogen-bond donors (Lipinski definition) is 1. The second kappa shape index (κ2) is 5.66. The molecule has 0 spiro atoms. The van der Waals surface area contributed by atoms with Crippen molar-refractivity contribution in [1.82, 2.24) is 25.1 Å². The first-order valence-corrected chi connectivity index (χ1v) is 7.95. The summed E-state index contributed by atoms with van der Waals surface area (Å²) in [6.07, 6.45) is 5.29. The molecule has 0 aliphatic carbocycles. The number of anilines is 3. The fourth-order valence-electron chi connectivity index (χ4n) is 2.95. The van der Waals surface area contributed by atoms with Gasteiger partial charge in [0.25, 0.3) is 0 Å². The number of carbonyl (C=O) groups excluding carboxylic acids is 1. The topological polar surface area (TPSA) is 82.4 Å². The minimum atomic E-state index is -0.0537. The third kappa shape index (κ3) is 2.51. The summed E-state index contributed by atoms with van der Waals surface area (Å²) in [5, 5.41) is 7.22. The molecule has 2 aromatic heterocycles. The molecule has 0 atom stereocenters. The van der Waals surface area contributed by atoms with Gasteiger partial charge in [0.1, 0.15) is 18.0 Å². The van der Waals surface area contributed by atoms with Gasteiger partial charge in [0.05, 0.1) is 17.9 Å². The zero-order valence-corrected chi connectivity index (χ0v) is 13.8. The van der Waals surface area contributed by atoms with Crippen LogP contribution in [0.5, 0.6) is 0 Å². The molecule has 9 nitrogen and oxygen atoms in total. The number of nitrogens with zero attached hydrogens (tertiary/aromatic N) is 7. The second-order valence-electron chi connectivity index (χ2n) is 6.25. The maximum absolute atomic E-state index is 11.7. The van der Waals surface area contributed by atoms with E-state index in [1.54, 1.807) is 17.4 Å². The van der Waals surface area contributed by atoms with Gasteiger partial charge in [0, 0.05) is 52.5 Å². The van der Waals surface area contributed by atoms with Crippen LogP contribution >= 0.6 is 0 Å². The summed E-state index contributed by atoms with van der Waals surface area (Å²) in [4.78, 5) is 26.2. The molecule has 4 heterocycles. The summed E-state index contributed by atoms with van der Waals surface area (Å²) < 4.78 is 1.94. The van der Waals surface area contributed by atoms with E-state index in [1.807, 2.05) is 35.9 Å². The molecular formula is C15H20N8O. The fraction of sp³-hybridized carbons (Fsp3) is 0.467. The summed E-state index contributed by atoms with van der Waals surface area (Å²) in [7, 11) is 3.93. The molecular weight excluding hydrogens is 308 g/mol. The van der Waals surface area contributed by atoms with Crippen LogP contribution in [-0.2, 0) is 0 Å². The number of carbonyl (C=O) groups is 1. The van der Waals surface area contributed by atoms with E-state index in [0.29, 0.717) is 19.1 Å². The average molecular weight is 328 g/mol. The smallest absolute Gasteiger partial charge is 0.322 e. The lowest BCUT2D eigenvalue weighted by Gasteiger charge is -2.40. The van der Waals surface area contributed by atoms with Crippen molar-refractivity contribution in [3.05, 3.63) is 24.8 Å². The molecule has 0 bridgehead atoms. The van der Waals surface area contributed by atoms with Crippen molar-refractivity contribution < 1.29 is 4.79 Å². The van der Waals surface area contributed by atoms with Gasteiger partial charge in [-0.2, -0.15) is 5.10 Å². The highest BCUT2D eigenvalue weighted by Crippen LogP contribution is 2.28. The Bertz CT molecular complexity index is 751. The molecule has 126 valence electrons. The molecule has 0 unspecified atom stereocenters. The highest BCUT2D eigenvalue weighted by atomic mass is 16.2. The van der Waals surface area contributed by atoms with E-state index in [0.717, 1.165) is 30.4 Å².